The lowest BCUT2D eigenvalue weighted by molar-refractivity contribution is 0.0945. The average Bonchev–Trinajstić information content (AvgIpc) is 3.10. The molecule has 1 aliphatic heterocycles. The van der Waals surface area contributed by atoms with E-state index in [-0.39, 0.29) is 23.5 Å². The SMILES string of the molecule is O=C(N[C@H]1CCS(=O)(=O)C1)c1cc2c(s1)-c1ccccc1CC2. The van der Waals surface area contributed by atoms with Crippen LogP contribution in [-0.2, 0) is 22.7 Å². The first kappa shape index (κ1) is 14.9. The predicted octanol–water partition coefficient (Wildman–Crippen LogP) is 2.43. The van der Waals surface area contributed by atoms with Gasteiger partial charge in [-0.25, -0.2) is 8.42 Å². The van der Waals surface area contributed by atoms with Crippen molar-refractivity contribution in [1.29, 1.82) is 0 Å². The lowest BCUT2D eigenvalue weighted by Gasteiger charge is -2.15. The third-order valence-corrected chi connectivity index (χ3v) is 7.50. The first-order valence-electron chi connectivity index (χ1n) is 7.74. The van der Waals surface area contributed by atoms with Crippen molar-refractivity contribution in [3.05, 3.63) is 46.3 Å². The number of nitrogens with one attached hydrogen (secondary N) is 1. The van der Waals surface area contributed by atoms with Crippen LogP contribution in [0.2, 0.25) is 0 Å². The van der Waals surface area contributed by atoms with Crippen molar-refractivity contribution in [1.82, 2.24) is 5.32 Å². The molecule has 0 saturated carbocycles. The van der Waals surface area contributed by atoms with Gasteiger partial charge in [0.15, 0.2) is 9.84 Å². The summed E-state index contributed by atoms with van der Waals surface area (Å²) in [5.41, 5.74) is 3.77. The molecule has 2 aliphatic rings. The van der Waals surface area contributed by atoms with E-state index in [2.05, 4.69) is 17.4 Å². The number of fused-ring (bicyclic) bond motifs is 3. The molecule has 1 aliphatic carbocycles. The minimum atomic E-state index is -2.98. The lowest BCUT2D eigenvalue weighted by Crippen LogP contribution is -2.35. The first-order valence-corrected chi connectivity index (χ1v) is 10.4. The topological polar surface area (TPSA) is 63.2 Å². The fourth-order valence-corrected chi connectivity index (χ4v) is 6.20. The molecule has 6 heteroatoms. The molecule has 0 spiro atoms. The van der Waals surface area contributed by atoms with Crippen molar-refractivity contribution in [2.75, 3.05) is 11.5 Å². The van der Waals surface area contributed by atoms with Gasteiger partial charge in [-0.1, -0.05) is 24.3 Å². The largest absolute Gasteiger partial charge is 0.348 e. The summed E-state index contributed by atoms with van der Waals surface area (Å²) < 4.78 is 23.0. The van der Waals surface area contributed by atoms with Crippen molar-refractivity contribution in [3.63, 3.8) is 0 Å². The van der Waals surface area contributed by atoms with Crippen LogP contribution in [0.25, 0.3) is 10.4 Å². The number of thiophene rings is 1. The molecule has 1 fully saturated rings. The number of rotatable bonds is 2. The van der Waals surface area contributed by atoms with Crippen molar-refractivity contribution < 1.29 is 13.2 Å². The van der Waals surface area contributed by atoms with Gasteiger partial charge >= 0.3 is 0 Å². The van der Waals surface area contributed by atoms with E-state index in [9.17, 15) is 13.2 Å². The Hall–Kier alpha value is -1.66. The van der Waals surface area contributed by atoms with Gasteiger partial charge in [0, 0.05) is 10.9 Å². The normalized spacial score (nSPS) is 21.5. The fourth-order valence-electron chi connectivity index (χ4n) is 3.35. The number of carbonyl (C=O) groups is 1. The highest BCUT2D eigenvalue weighted by atomic mass is 32.2. The number of benzene rings is 1. The van der Waals surface area contributed by atoms with Crippen LogP contribution < -0.4 is 5.32 Å². The van der Waals surface area contributed by atoms with Gasteiger partial charge in [0.05, 0.1) is 16.4 Å². The molecule has 0 unspecified atom stereocenters. The van der Waals surface area contributed by atoms with Gasteiger partial charge in [-0.15, -0.1) is 11.3 Å². The van der Waals surface area contributed by atoms with Gasteiger partial charge in [0.25, 0.3) is 5.91 Å². The Kier molecular flexibility index (Phi) is 3.54. The molecule has 1 aromatic heterocycles. The number of hydrogen-bond acceptors (Lipinski definition) is 4. The Morgan fingerprint density at radius 1 is 1.17 bits per heavy atom. The summed E-state index contributed by atoms with van der Waals surface area (Å²) in [6.45, 7) is 0. The zero-order chi connectivity index (χ0) is 16.0. The van der Waals surface area contributed by atoms with Crippen molar-refractivity contribution >= 4 is 27.1 Å². The number of amides is 1. The summed E-state index contributed by atoms with van der Waals surface area (Å²) in [5, 5.41) is 2.88. The summed E-state index contributed by atoms with van der Waals surface area (Å²) in [4.78, 5) is 14.3. The Labute approximate surface area is 139 Å². The highest BCUT2D eigenvalue weighted by Crippen LogP contribution is 2.39. The average molecular weight is 347 g/mol. The van der Waals surface area contributed by atoms with Crippen LogP contribution in [-0.4, -0.2) is 31.9 Å². The van der Waals surface area contributed by atoms with Crippen molar-refractivity contribution in [2.45, 2.75) is 25.3 Å². The van der Waals surface area contributed by atoms with E-state index in [4.69, 9.17) is 0 Å². The molecule has 1 atom stereocenters. The van der Waals surface area contributed by atoms with E-state index in [0.717, 1.165) is 12.8 Å². The lowest BCUT2D eigenvalue weighted by atomic mass is 9.91. The Balaban J connectivity index is 1.58. The van der Waals surface area contributed by atoms with E-state index >= 15 is 0 Å². The summed E-state index contributed by atoms with van der Waals surface area (Å²) in [7, 11) is -2.98. The van der Waals surface area contributed by atoms with Gasteiger partial charge in [-0.3, -0.25) is 4.79 Å². The van der Waals surface area contributed by atoms with Crippen LogP contribution in [0.15, 0.2) is 30.3 Å². The molecule has 23 heavy (non-hydrogen) atoms. The third kappa shape index (κ3) is 2.81. The van der Waals surface area contributed by atoms with E-state index in [1.807, 2.05) is 18.2 Å². The van der Waals surface area contributed by atoms with Crippen LogP contribution in [0.3, 0.4) is 0 Å². The quantitative estimate of drug-likeness (QED) is 0.907. The smallest absolute Gasteiger partial charge is 0.261 e. The summed E-state index contributed by atoms with van der Waals surface area (Å²) >= 11 is 1.51. The maximum Gasteiger partial charge on any atom is 0.261 e. The van der Waals surface area contributed by atoms with Crippen LogP contribution in [0, 0.1) is 0 Å². The second-order valence-corrected chi connectivity index (χ2v) is 9.48. The second-order valence-electron chi connectivity index (χ2n) is 6.20. The van der Waals surface area contributed by atoms with E-state index in [1.54, 1.807) is 0 Å². The van der Waals surface area contributed by atoms with Gasteiger partial charge < -0.3 is 5.32 Å². The van der Waals surface area contributed by atoms with Crippen molar-refractivity contribution in [2.24, 2.45) is 0 Å². The van der Waals surface area contributed by atoms with Gasteiger partial charge in [0.1, 0.15) is 0 Å². The molecule has 4 rings (SSSR count). The second kappa shape index (κ2) is 5.46. The summed E-state index contributed by atoms with van der Waals surface area (Å²) in [6, 6.07) is 10.0. The number of hydrogen-bond donors (Lipinski definition) is 1. The van der Waals surface area contributed by atoms with Crippen LogP contribution >= 0.6 is 11.3 Å². The fraction of sp³-hybridized carbons (Fsp3) is 0.353. The van der Waals surface area contributed by atoms with Gasteiger partial charge in [0.2, 0.25) is 0 Å². The summed E-state index contributed by atoms with van der Waals surface area (Å²) in [5.74, 6) is 0.0860. The monoisotopic (exact) mass is 347 g/mol. The molecule has 1 N–H and O–H groups in total. The minimum Gasteiger partial charge on any atom is -0.348 e. The molecule has 4 nitrogen and oxygen atoms in total. The molecular weight excluding hydrogens is 330 g/mol. The zero-order valence-electron chi connectivity index (χ0n) is 12.5. The van der Waals surface area contributed by atoms with Crippen molar-refractivity contribution in [3.8, 4) is 10.4 Å². The first-order chi connectivity index (χ1) is 11.0. The highest BCUT2D eigenvalue weighted by molar-refractivity contribution is 7.91. The maximum atomic E-state index is 12.4. The molecule has 2 heterocycles. The van der Waals surface area contributed by atoms with Crippen LogP contribution in [0.4, 0.5) is 0 Å². The van der Waals surface area contributed by atoms with Gasteiger partial charge in [-0.05, 0) is 42.0 Å². The molecule has 1 saturated heterocycles. The van der Waals surface area contributed by atoms with E-state index in [0.29, 0.717) is 11.3 Å². The number of aryl methyl sites for hydroxylation is 2. The van der Waals surface area contributed by atoms with Crippen LogP contribution in [0.1, 0.15) is 27.2 Å². The zero-order valence-corrected chi connectivity index (χ0v) is 14.2. The van der Waals surface area contributed by atoms with E-state index < -0.39 is 9.84 Å². The number of carbonyl (C=O) groups excluding carboxylic acids is 1. The Morgan fingerprint density at radius 2 is 1.96 bits per heavy atom. The Morgan fingerprint density at radius 3 is 2.74 bits per heavy atom. The molecule has 1 amide bonds. The van der Waals surface area contributed by atoms with Crippen LogP contribution in [0.5, 0.6) is 0 Å². The molecule has 0 bridgehead atoms. The molecular formula is C17H17NO3S2. The molecule has 2 aromatic rings. The Bertz CT molecular complexity index is 883. The predicted molar refractivity (Wildman–Crippen MR) is 91.7 cm³/mol. The van der Waals surface area contributed by atoms with E-state index in [1.165, 1.54) is 32.9 Å². The van der Waals surface area contributed by atoms with Gasteiger partial charge in [-0.2, -0.15) is 0 Å². The maximum absolute atomic E-state index is 12.4. The molecule has 120 valence electrons. The molecule has 1 aromatic carbocycles. The third-order valence-electron chi connectivity index (χ3n) is 4.53. The summed E-state index contributed by atoms with van der Waals surface area (Å²) in [6.07, 6.45) is 2.47. The molecule has 0 radical (unpaired) electrons. The number of sulfone groups is 1. The standard InChI is InChI=1S/C17H17NO3S2/c19-17(18-13-7-8-23(20,21)10-13)15-9-12-6-5-11-3-1-2-4-14(11)16(12)22-15/h1-4,9,13H,5-8,10H2,(H,18,19)/t13-/m0/s1. The highest BCUT2D eigenvalue weighted by Gasteiger charge is 2.30. The minimum absolute atomic E-state index is 0.0622.